The summed E-state index contributed by atoms with van der Waals surface area (Å²) in [7, 11) is 0. The molecule has 0 aromatic heterocycles. The quantitative estimate of drug-likeness (QED) is 0.278. The predicted molar refractivity (Wildman–Crippen MR) is 120 cm³/mol. The van der Waals surface area contributed by atoms with Crippen molar-refractivity contribution in [1.82, 2.24) is 4.90 Å². The first-order chi connectivity index (χ1) is 17.9. The Morgan fingerprint density at radius 1 is 0.974 bits per heavy atom. The van der Waals surface area contributed by atoms with E-state index in [9.17, 15) is 49.1 Å². The van der Waals surface area contributed by atoms with Crippen LogP contribution in [0.1, 0.15) is 54.1 Å². The van der Waals surface area contributed by atoms with Crippen LogP contribution in [0.15, 0.2) is 36.4 Å². The molecule has 2 atom stereocenters. The zero-order valence-electron chi connectivity index (χ0n) is 20.5. The molecule has 5 nitrogen and oxygen atoms in total. The summed E-state index contributed by atoms with van der Waals surface area (Å²) in [5.74, 6) is -0.764. The zero-order valence-corrected chi connectivity index (χ0v) is 20.5. The average molecular weight is 570 g/mol. The Morgan fingerprint density at radius 3 is 2.03 bits per heavy atom. The fourth-order valence-corrected chi connectivity index (χ4v) is 4.59. The maximum Gasteiger partial charge on any atom is 0.416 e. The van der Waals surface area contributed by atoms with Crippen LogP contribution in [0.5, 0.6) is 0 Å². The van der Waals surface area contributed by atoms with Gasteiger partial charge in [0.05, 0.1) is 28.8 Å². The highest BCUT2D eigenvalue weighted by Crippen LogP contribution is 2.43. The minimum Gasteiger partial charge on any atom is -0.466 e. The number of anilines is 1. The molecule has 2 unspecified atom stereocenters. The van der Waals surface area contributed by atoms with Gasteiger partial charge in [-0.1, -0.05) is 0 Å². The molecule has 2 aromatic carbocycles. The summed E-state index contributed by atoms with van der Waals surface area (Å²) < 4.78 is 126. The number of hydrogen-bond donors (Lipinski definition) is 0. The van der Waals surface area contributed by atoms with Crippen LogP contribution in [0.4, 0.5) is 45.2 Å². The molecule has 0 saturated carbocycles. The maximum atomic E-state index is 13.6. The van der Waals surface area contributed by atoms with Gasteiger partial charge in [-0.2, -0.15) is 39.5 Å². The van der Waals surface area contributed by atoms with Crippen molar-refractivity contribution in [2.24, 2.45) is 0 Å². The molecule has 0 spiro atoms. The van der Waals surface area contributed by atoms with Crippen molar-refractivity contribution >= 4 is 18.1 Å². The minimum atomic E-state index is -5.11. The number of nitrogens with zero attached hydrogens (tertiary/aromatic N) is 2. The van der Waals surface area contributed by atoms with Crippen LogP contribution in [0, 0.1) is 0 Å². The average Bonchev–Trinajstić information content (AvgIpc) is 2.83. The van der Waals surface area contributed by atoms with Crippen LogP contribution < -0.4 is 4.90 Å². The number of fused-ring (bicyclic) bond motifs is 1. The highest BCUT2D eigenvalue weighted by molar-refractivity contribution is 5.75. The Kier molecular flexibility index (Phi) is 8.46. The van der Waals surface area contributed by atoms with Gasteiger partial charge in [0.15, 0.2) is 0 Å². The van der Waals surface area contributed by atoms with Crippen LogP contribution in [0.25, 0.3) is 0 Å². The molecule has 0 radical (unpaired) electrons. The van der Waals surface area contributed by atoms with Crippen molar-refractivity contribution < 1.29 is 53.8 Å². The highest BCUT2D eigenvalue weighted by Gasteiger charge is 2.39. The lowest BCUT2D eigenvalue weighted by molar-refractivity contribution is -0.143. The summed E-state index contributed by atoms with van der Waals surface area (Å²) >= 11 is 0. The molecular weight excluding hydrogens is 547 g/mol. The number of rotatable bonds is 7. The van der Waals surface area contributed by atoms with Gasteiger partial charge < -0.3 is 14.5 Å². The van der Waals surface area contributed by atoms with Gasteiger partial charge in [0.25, 0.3) is 6.47 Å². The van der Waals surface area contributed by atoms with E-state index in [1.807, 2.05) is 0 Å². The van der Waals surface area contributed by atoms with Gasteiger partial charge >= 0.3 is 18.5 Å². The third kappa shape index (κ3) is 6.95. The van der Waals surface area contributed by atoms with Gasteiger partial charge in [0.2, 0.25) is 5.91 Å². The fraction of sp³-hybridized carbons (Fsp3) is 0.440. The number of amides is 1. The van der Waals surface area contributed by atoms with Gasteiger partial charge in [-0.25, -0.2) is 0 Å². The standard InChI is InChI=1S/C25H23F9N2O3/c1-14(12-39-13-37)35-6-5-22(20-10-17(23(26,27)28)3-4-21(20)35)36(15(2)38)11-16-7-18(24(29,30)31)9-19(8-16)25(32,33)34/h3-4,7-10,13-14,22H,5-6,11-12H2,1-2H3. The molecule has 0 aliphatic carbocycles. The predicted octanol–water partition coefficient (Wildman–Crippen LogP) is 6.60. The molecule has 1 heterocycles. The Balaban J connectivity index is 2.10. The van der Waals surface area contributed by atoms with Crippen LogP contribution in [-0.4, -0.2) is 36.5 Å². The smallest absolute Gasteiger partial charge is 0.416 e. The summed E-state index contributed by atoms with van der Waals surface area (Å²) in [6.45, 7) is 2.21. The largest absolute Gasteiger partial charge is 0.466 e. The van der Waals surface area contributed by atoms with Crippen LogP contribution >= 0.6 is 0 Å². The second-order valence-corrected chi connectivity index (χ2v) is 9.11. The lowest BCUT2D eigenvalue weighted by Crippen LogP contribution is -2.44. The SMILES string of the molecule is CC(=O)N(Cc1cc(C(F)(F)F)cc(C(F)(F)F)c1)C1CCN(C(C)COC=O)c2ccc(C(F)(F)F)cc21. The number of ether oxygens (including phenoxy) is 1. The van der Waals surface area contributed by atoms with Crippen molar-refractivity contribution in [3.8, 4) is 0 Å². The van der Waals surface area contributed by atoms with E-state index in [0.717, 1.165) is 24.0 Å². The molecule has 0 fully saturated rings. The highest BCUT2D eigenvalue weighted by atomic mass is 19.4. The van der Waals surface area contributed by atoms with Gasteiger partial charge in [-0.3, -0.25) is 9.59 Å². The Bertz CT molecular complexity index is 1180. The second-order valence-electron chi connectivity index (χ2n) is 9.11. The normalized spacial score (nSPS) is 16.9. The van der Waals surface area contributed by atoms with E-state index in [1.165, 1.54) is 6.07 Å². The van der Waals surface area contributed by atoms with Gasteiger partial charge in [0, 0.05) is 25.7 Å². The number of benzene rings is 2. The fourth-order valence-electron chi connectivity index (χ4n) is 4.59. The summed E-state index contributed by atoms with van der Waals surface area (Å²) in [6.07, 6.45) is -15.0. The van der Waals surface area contributed by atoms with E-state index < -0.39 is 65.3 Å². The van der Waals surface area contributed by atoms with Crippen molar-refractivity contribution in [2.45, 2.75) is 57.4 Å². The van der Waals surface area contributed by atoms with Gasteiger partial charge in [-0.05, 0) is 60.9 Å². The third-order valence-corrected chi connectivity index (χ3v) is 6.39. The first-order valence-electron chi connectivity index (χ1n) is 11.5. The Labute approximate surface area is 217 Å². The zero-order chi connectivity index (χ0) is 29.3. The van der Waals surface area contributed by atoms with E-state index in [-0.39, 0.29) is 43.4 Å². The molecule has 39 heavy (non-hydrogen) atoms. The summed E-state index contributed by atoms with van der Waals surface area (Å²) in [5.41, 5.74) is -4.42. The van der Waals surface area contributed by atoms with Crippen LogP contribution in [-0.2, 0) is 39.4 Å². The number of carbonyl (C=O) groups is 2. The van der Waals surface area contributed by atoms with Gasteiger partial charge in [-0.15, -0.1) is 0 Å². The second kappa shape index (κ2) is 11.0. The molecule has 1 amide bonds. The number of carbonyl (C=O) groups excluding carboxylic acids is 2. The van der Waals surface area contributed by atoms with Crippen molar-refractivity contribution in [1.29, 1.82) is 0 Å². The van der Waals surface area contributed by atoms with Crippen molar-refractivity contribution in [2.75, 3.05) is 18.1 Å². The molecule has 1 aliphatic rings. The first-order valence-corrected chi connectivity index (χ1v) is 11.5. The van der Waals surface area contributed by atoms with E-state index in [0.29, 0.717) is 12.1 Å². The van der Waals surface area contributed by atoms with E-state index in [1.54, 1.807) is 11.8 Å². The minimum absolute atomic E-state index is 0.00437. The molecular formula is C25H23F9N2O3. The molecule has 3 rings (SSSR count). The van der Waals surface area contributed by atoms with E-state index >= 15 is 0 Å². The number of halogens is 9. The first kappa shape index (κ1) is 30.1. The third-order valence-electron chi connectivity index (χ3n) is 6.39. The topological polar surface area (TPSA) is 49.9 Å². The lowest BCUT2D eigenvalue weighted by atomic mass is 9.91. The molecule has 214 valence electrons. The molecule has 1 aliphatic heterocycles. The Morgan fingerprint density at radius 2 is 1.54 bits per heavy atom. The number of hydrogen-bond acceptors (Lipinski definition) is 4. The molecule has 2 aromatic rings. The van der Waals surface area contributed by atoms with Crippen molar-refractivity contribution in [3.63, 3.8) is 0 Å². The van der Waals surface area contributed by atoms with Gasteiger partial charge in [0.1, 0.15) is 6.61 Å². The monoisotopic (exact) mass is 570 g/mol. The van der Waals surface area contributed by atoms with Crippen LogP contribution in [0.2, 0.25) is 0 Å². The summed E-state index contributed by atoms with van der Waals surface area (Å²) in [4.78, 5) is 25.9. The van der Waals surface area contributed by atoms with Crippen LogP contribution in [0.3, 0.4) is 0 Å². The summed E-state index contributed by atoms with van der Waals surface area (Å²) in [5, 5.41) is 0. The molecule has 14 heteroatoms. The molecule has 0 bridgehead atoms. The summed E-state index contributed by atoms with van der Waals surface area (Å²) in [6, 6.07) is 2.12. The van der Waals surface area contributed by atoms with E-state index in [4.69, 9.17) is 4.74 Å². The van der Waals surface area contributed by atoms with Crippen molar-refractivity contribution in [3.05, 3.63) is 64.2 Å². The molecule has 0 N–H and O–H groups in total. The lowest BCUT2D eigenvalue weighted by Gasteiger charge is -2.43. The number of alkyl halides is 9. The maximum absolute atomic E-state index is 13.6. The molecule has 0 saturated heterocycles. The van der Waals surface area contributed by atoms with E-state index in [2.05, 4.69) is 0 Å². The Hall–Kier alpha value is -3.45.